The highest BCUT2D eigenvalue weighted by molar-refractivity contribution is 7.10. The smallest absolute Gasteiger partial charge is 0.234 e. The van der Waals surface area contributed by atoms with Gasteiger partial charge in [-0.05, 0) is 57.1 Å². The van der Waals surface area contributed by atoms with Crippen LogP contribution in [0.25, 0.3) is 0 Å². The van der Waals surface area contributed by atoms with Crippen LogP contribution in [0.2, 0.25) is 0 Å². The van der Waals surface area contributed by atoms with E-state index in [0.717, 1.165) is 13.1 Å². The van der Waals surface area contributed by atoms with Crippen molar-refractivity contribution >= 4 is 17.2 Å². The number of hydrogen-bond acceptors (Lipinski definition) is 4. The highest BCUT2D eigenvalue weighted by atomic mass is 32.1. The van der Waals surface area contributed by atoms with Gasteiger partial charge in [-0.1, -0.05) is 6.07 Å². The third kappa shape index (κ3) is 3.65. The van der Waals surface area contributed by atoms with Gasteiger partial charge in [0.2, 0.25) is 5.91 Å². The molecule has 0 aromatic carbocycles. The molecule has 3 atom stereocenters. The third-order valence-electron chi connectivity index (χ3n) is 4.67. The Morgan fingerprint density at radius 3 is 3.14 bits per heavy atom. The summed E-state index contributed by atoms with van der Waals surface area (Å²) < 4.78 is 0. The van der Waals surface area contributed by atoms with Gasteiger partial charge in [0.25, 0.3) is 0 Å². The Bertz CT molecular complexity index is 456. The van der Waals surface area contributed by atoms with E-state index in [2.05, 4.69) is 33.9 Å². The lowest BCUT2D eigenvalue weighted by atomic mass is 10.0. The van der Waals surface area contributed by atoms with Gasteiger partial charge >= 0.3 is 0 Å². The molecule has 2 aliphatic heterocycles. The number of rotatable bonds is 5. The number of thiophene rings is 1. The Balaban J connectivity index is 1.51. The SMILES string of the molecule is CC(NC(=O)CN1CCCC1C1CCCN1)c1cccs1. The number of carbonyl (C=O) groups excluding carboxylic acids is 1. The van der Waals surface area contributed by atoms with E-state index in [1.807, 2.05) is 6.07 Å². The number of nitrogens with zero attached hydrogens (tertiary/aromatic N) is 1. The van der Waals surface area contributed by atoms with E-state index in [9.17, 15) is 4.79 Å². The van der Waals surface area contributed by atoms with Crippen LogP contribution >= 0.6 is 11.3 Å². The number of hydrogen-bond donors (Lipinski definition) is 2. The van der Waals surface area contributed by atoms with Crippen molar-refractivity contribution in [1.82, 2.24) is 15.5 Å². The molecule has 1 aromatic heterocycles. The van der Waals surface area contributed by atoms with E-state index in [-0.39, 0.29) is 11.9 Å². The molecule has 116 valence electrons. The first-order chi connectivity index (χ1) is 10.2. The van der Waals surface area contributed by atoms with Gasteiger partial charge < -0.3 is 10.6 Å². The average molecular weight is 307 g/mol. The van der Waals surface area contributed by atoms with Crippen molar-refractivity contribution in [2.24, 2.45) is 0 Å². The maximum absolute atomic E-state index is 12.3. The summed E-state index contributed by atoms with van der Waals surface area (Å²) in [5, 5.41) is 8.78. The molecule has 1 aromatic rings. The van der Waals surface area contributed by atoms with Gasteiger partial charge in [-0.15, -0.1) is 11.3 Å². The summed E-state index contributed by atoms with van der Waals surface area (Å²) in [6.45, 7) is 4.79. The fourth-order valence-electron chi connectivity index (χ4n) is 3.62. The maximum atomic E-state index is 12.3. The summed E-state index contributed by atoms with van der Waals surface area (Å²) in [4.78, 5) is 15.9. The number of carbonyl (C=O) groups is 1. The van der Waals surface area contributed by atoms with Crippen LogP contribution in [0.4, 0.5) is 0 Å². The van der Waals surface area contributed by atoms with Crippen LogP contribution in [-0.2, 0) is 4.79 Å². The van der Waals surface area contributed by atoms with Gasteiger partial charge in [-0.25, -0.2) is 0 Å². The second kappa shape index (κ2) is 6.90. The van der Waals surface area contributed by atoms with E-state index in [1.54, 1.807) is 11.3 Å². The molecule has 2 fully saturated rings. The van der Waals surface area contributed by atoms with Crippen molar-refractivity contribution in [2.75, 3.05) is 19.6 Å². The molecule has 2 saturated heterocycles. The molecule has 3 rings (SSSR count). The molecule has 2 N–H and O–H groups in total. The molecule has 1 amide bonds. The summed E-state index contributed by atoms with van der Waals surface area (Å²) in [7, 11) is 0. The lowest BCUT2D eigenvalue weighted by molar-refractivity contribution is -0.123. The fraction of sp³-hybridized carbons (Fsp3) is 0.688. The van der Waals surface area contributed by atoms with Gasteiger partial charge in [0.15, 0.2) is 0 Å². The second-order valence-corrected chi connectivity index (χ2v) is 7.17. The summed E-state index contributed by atoms with van der Waals surface area (Å²) >= 11 is 1.70. The van der Waals surface area contributed by atoms with Crippen LogP contribution in [0.3, 0.4) is 0 Å². The van der Waals surface area contributed by atoms with Gasteiger partial charge in [-0.2, -0.15) is 0 Å². The molecule has 2 aliphatic rings. The minimum absolute atomic E-state index is 0.114. The van der Waals surface area contributed by atoms with Gasteiger partial charge in [0, 0.05) is 17.0 Å². The van der Waals surface area contributed by atoms with E-state index in [1.165, 1.54) is 30.6 Å². The highest BCUT2D eigenvalue weighted by Gasteiger charge is 2.34. The molecule has 0 saturated carbocycles. The van der Waals surface area contributed by atoms with Crippen molar-refractivity contribution in [1.29, 1.82) is 0 Å². The first kappa shape index (κ1) is 15.0. The normalized spacial score (nSPS) is 27.9. The van der Waals surface area contributed by atoms with Crippen LogP contribution in [0, 0.1) is 0 Å². The lowest BCUT2D eigenvalue weighted by Gasteiger charge is -2.29. The largest absolute Gasteiger partial charge is 0.348 e. The number of amides is 1. The predicted molar refractivity (Wildman–Crippen MR) is 86.5 cm³/mol. The zero-order valence-corrected chi connectivity index (χ0v) is 13.5. The van der Waals surface area contributed by atoms with Crippen molar-refractivity contribution in [2.45, 2.75) is 50.7 Å². The molecule has 0 aliphatic carbocycles. The minimum atomic E-state index is 0.114. The highest BCUT2D eigenvalue weighted by Crippen LogP contribution is 2.24. The third-order valence-corrected chi connectivity index (χ3v) is 5.73. The first-order valence-corrected chi connectivity index (χ1v) is 8.92. The second-order valence-electron chi connectivity index (χ2n) is 6.19. The predicted octanol–water partition coefficient (Wildman–Crippen LogP) is 2.14. The summed E-state index contributed by atoms with van der Waals surface area (Å²) in [6.07, 6.45) is 4.98. The van der Waals surface area contributed by atoms with Gasteiger partial charge in [0.1, 0.15) is 0 Å². The van der Waals surface area contributed by atoms with E-state index >= 15 is 0 Å². The molecule has 3 unspecified atom stereocenters. The maximum Gasteiger partial charge on any atom is 0.234 e. The zero-order valence-electron chi connectivity index (χ0n) is 12.7. The van der Waals surface area contributed by atoms with Gasteiger partial charge in [0.05, 0.1) is 12.6 Å². The molecule has 0 bridgehead atoms. The molecule has 3 heterocycles. The molecule has 5 heteroatoms. The van der Waals surface area contributed by atoms with Gasteiger partial charge in [-0.3, -0.25) is 9.69 Å². The van der Waals surface area contributed by atoms with Crippen molar-refractivity contribution in [3.8, 4) is 0 Å². The monoisotopic (exact) mass is 307 g/mol. The van der Waals surface area contributed by atoms with Crippen LogP contribution < -0.4 is 10.6 Å². The summed E-state index contributed by atoms with van der Waals surface area (Å²) in [6, 6.07) is 5.37. The first-order valence-electron chi connectivity index (χ1n) is 8.04. The van der Waals surface area contributed by atoms with Crippen LogP contribution in [0.5, 0.6) is 0 Å². The Kier molecular flexibility index (Phi) is 4.93. The summed E-state index contributed by atoms with van der Waals surface area (Å²) in [5.41, 5.74) is 0. The van der Waals surface area contributed by atoms with Crippen LogP contribution in [0.1, 0.15) is 43.5 Å². The molecule has 0 spiro atoms. The quantitative estimate of drug-likeness (QED) is 0.876. The Hall–Kier alpha value is -0.910. The van der Waals surface area contributed by atoms with E-state index in [4.69, 9.17) is 0 Å². The van der Waals surface area contributed by atoms with Crippen molar-refractivity contribution in [3.63, 3.8) is 0 Å². The topological polar surface area (TPSA) is 44.4 Å². The summed E-state index contributed by atoms with van der Waals surface area (Å²) in [5.74, 6) is 0.154. The fourth-order valence-corrected chi connectivity index (χ4v) is 4.36. The Morgan fingerprint density at radius 1 is 1.52 bits per heavy atom. The van der Waals surface area contributed by atoms with Crippen LogP contribution in [-0.4, -0.2) is 42.5 Å². The Labute approximate surface area is 130 Å². The van der Waals surface area contributed by atoms with Crippen molar-refractivity contribution in [3.05, 3.63) is 22.4 Å². The van der Waals surface area contributed by atoms with Crippen molar-refractivity contribution < 1.29 is 4.79 Å². The number of likely N-dealkylation sites (tertiary alicyclic amines) is 1. The molecular weight excluding hydrogens is 282 g/mol. The molecule has 0 radical (unpaired) electrons. The molecule has 4 nitrogen and oxygen atoms in total. The minimum Gasteiger partial charge on any atom is -0.348 e. The van der Waals surface area contributed by atoms with E-state index < -0.39 is 0 Å². The number of nitrogens with one attached hydrogen (secondary N) is 2. The molecule has 21 heavy (non-hydrogen) atoms. The Morgan fingerprint density at radius 2 is 2.43 bits per heavy atom. The standard InChI is InChI=1S/C16H25N3OS/c1-12(15-7-4-10-21-15)18-16(20)11-19-9-3-6-14(19)13-5-2-8-17-13/h4,7,10,12-14,17H,2-3,5-6,8-9,11H2,1H3,(H,18,20). The zero-order chi connectivity index (χ0) is 14.7. The van der Waals surface area contributed by atoms with E-state index in [0.29, 0.717) is 18.6 Å². The molecular formula is C16H25N3OS. The lowest BCUT2D eigenvalue weighted by Crippen LogP contribution is -2.47. The van der Waals surface area contributed by atoms with Crippen LogP contribution in [0.15, 0.2) is 17.5 Å². The average Bonchev–Trinajstić information content (AvgIpc) is 3.21.